The summed E-state index contributed by atoms with van der Waals surface area (Å²) in [5.41, 5.74) is 0.397. The molecule has 2 heterocycles. The molecular weight excluding hydrogens is 276 g/mol. The predicted molar refractivity (Wildman–Crippen MR) is 73.2 cm³/mol. The van der Waals surface area contributed by atoms with Crippen LogP contribution in [0.2, 0.25) is 0 Å². The maximum Gasteiger partial charge on any atom is 0.311 e. The van der Waals surface area contributed by atoms with E-state index >= 15 is 0 Å². The van der Waals surface area contributed by atoms with E-state index in [1.807, 2.05) is 6.92 Å². The van der Waals surface area contributed by atoms with Gasteiger partial charge in [-0.15, -0.1) is 0 Å². The quantitative estimate of drug-likeness (QED) is 0.858. The van der Waals surface area contributed by atoms with E-state index < -0.39 is 17.9 Å². The van der Waals surface area contributed by atoms with Crippen LogP contribution in [0.25, 0.3) is 0 Å². The van der Waals surface area contributed by atoms with Crippen LogP contribution in [0.1, 0.15) is 17.3 Å². The van der Waals surface area contributed by atoms with Crippen molar-refractivity contribution in [3.05, 3.63) is 23.9 Å². The van der Waals surface area contributed by atoms with Gasteiger partial charge in [-0.05, 0) is 13.0 Å². The van der Waals surface area contributed by atoms with Crippen LogP contribution in [0, 0.1) is 5.92 Å². The van der Waals surface area contributed by atoms with Gasteiger partial charge >= 0.3 is 5.97 Å². The predicted octanol–water partition coefficient (Wildman–Crippen LogP) is 0.652. The Kier molecular flexibility index (Phi) is 4.74. The maximum atomic E-state index is 12.5. The standard InChI is InChI=1S/C14H18N2O5/c1-3-16(11-8-21-7-10(11)14(18)19)13(17)9-4-5-12(20-2)15-6-9/h4-6,10-11H,3,7-8H2,1-2H3,(H,18,19). The van der Waals surface area contributed by atoms with Gasteiger partial charge < -0.3 is 19.5 Å². The van der Waals surface area contributed by atoms with Crippen molar-refractivity contribution in [1.82, 2.24) is 9.88 Å². The number of methoxy groups -OCH3 is 1. The number of nitrogens with zero attached hydrogens (tertiary/aromatic N) is 2. The monoisotopic (exact) mass is 294 g/mol. The normalized spacial score (nSPS) is 21.0. The van der Waals surface area contributed by atoms with Crippen molar-refractivity contribution in [3.63, 3.8) is 0 Å². The minimum Gasteiger partial charge on any atom is -0.481 e. The second-order valence-electron chi connectivity index (χ2n) is 4.73. The Bertz CT molecular complexity index is 517. The average molecular weight is 294 g/mol. The fraction of sp³-hybridized carbons (Fsp3) is 0.500. The van der Waals surface area contributed by atoms with Crippen molar-refractivity contribution in [2.24, 2.45) is 5.92 Å². The lowest BCUT2D eigenvalue weighted by Crippen LogP contribution is -2.46. The Morgan fingerprint density at radius 3 is 2.76 bits per heavy atom. The van der Waals surface area contributed by atoms with Crippen LogP contribution in [0.15, 0.2) is 18.3 Å². The molecule has 21 heavy (non-hydrogen) atoms. The molecule has 0 radical (unpaired) electrons. The molecule has 1 aromatic heterocycles. The highest BCUT2D eigenvalue weighted by Crippen LogP contribution is 2.22. The molecule has 114 valence electrons. The summed E-state index contributed by atoms with van der Waals surface area (Å²) in [4.78, 5) is 29.3. The lowest BCUT2D eigenvalue weighted by molar-refractivity contribution is -0.142. The summed E-state index contributed by atoms with van der Waals surface area (Å²) in [5.74, 6) is -1.48. The number of hydrogen-bond acceptors (Lipinski definition) is 5. The van der Waals surface area contributed by atoms with E-state index in [2.05, 4.69) is 4.98 Å². The van der Waals surface area contributed by atoms with E-state index in [1.54, 1.807) is 12.1 Å². The molecule has 0 aromatic carbocycles. The number of aromatic nitrogens is 1. The second kappa shape index (κ2) is 6.53. The molecule has 1 aromatic rings. The van der Waals surface area contributed by atoms with Gasteiger partial charge in [-0.1, -0.05) is 0 Å². The Morgan fingerprint density at radius 1 is 1.48 bits per heavy atom. The van der Waals surface area contributed by atoms with Crippen molar-refractivity contribution >= 4 is 11.9 Å². The van der Waals surface area contributed by atoms with Gasteiger partial charge in [-0.2, -0.15) is 0 Å². The summed E-state index contributed by atoms with van der Waals surface area (Å²) in [6.07, 6.45) is 1.43. The number of hydrogen-bond donors (Lipinski definition) is 1. The van der Waals surface area contributed by atoms with Gasteiger partial charge in [0.05, 0.1) is 31.9 Å². The number of carbonyl (C=O) groups excluding carboxylic acids is 1. The third-order valence-corrected chi connectivity index (χ3v) is 3.56. The topological polar surface area (TPSA) is 89.0 Å². The smallest absolute Gasteiger partial charge is 0.311 e. The molecule has 1 saturated heterocycles. The zero-order valence-corrected chi connectivity index (χ0v) is 12.0. The van der Waals surface area contributed by atoms with Gasteiger partial charge in [0.2, 0.25) is 5.88 Å². The van der Waals surface area contributed by atoms with Crippen molar-refractivity contribution < 1.29 is 24.2 Å². The molecule has 0 aliphatic carbocycles. The highest BCUT2D eigenvalue weighted by atomic mass is 16.5. The molecule has 0 bridgehead atoms. The van der Waals surface area contributed by atoms with E-state index in [1.165, 1.54) is 18.2 Å². The summed E-state index contributed by atoms with van der Waals surface area (Å²) in [6, 6.07) is 2.76. The zero-order chi connectivity index (χ0) is 15.4. The Morgan fingerprint density at radius 2 is 2.24 bits per heavy atom. The molecule has 1 aliphatic rings. The van der Waals surface area contributed by atoms with E-state index in [9.17, 15) is 14.7 Å². The van der Waals surface area contributed by atoms with E-state index in [0.29, 0.717) is 18.0 Å². The molecule has 0 saturated carbocycles. The lowest BCUT2D eigenvalue weighted by atomic mass is 10.0. The van der Waals surface area contributed by atoms with Gasteiger partial charge in [-0.25, -0.2) is 4.98 Å². The Balaban J connectivity index is 2.19. The third-order valence-electron chi connectivity index (χ3n) is 3.56. The molecule has 1 N–H and O–H groups in total. The number of rotatable bonds is 5. The van der Waals surface area contributed by atoms with E-state index in [-0.39, 0.29) is 19.1 Å². The highest BCUT2D eigenvalue weighted by molar-refractivity contribution is 5.94. The van der Waals surface area contributed by atoms with Crippen molar-refractivity contribution in [3.8, 4) is 5.88 Å². The molecule has 1 amide bonds. The molecule has 7 nitrogen and oxygen atoms in total. The molecule has 0 spiro atoms. The van der Waals surface area contributed by atoms with Gasteiger partial charge in [0, 0.05) is 18.8 Å². The first kappa shape index (κ1) is 15.2. The molecule has 7 heteroatoms. The third kappa shape index (κ3) is 3.13. The van der Waals surface area contributed by atoms with Gasteiger partial charge in [-0.3, -0.25) is 9.59 Å². The largest absolute Gasteiger partial charge is 0.481 e. The number of ether oxygens (including phenoxy) is 2. The SMILES string of the molecule is CCN(C(=O)c1ccc(OC)nc1)C1COCC1C(=O)O. The maximum absolute atomic E-state index is 12.5. The summed E-state index contributed by atoms with van der Waals surface area (Å²) in [5, 5.41) is 9.20. The number of pyridine rings is 1. The van der Waals surface area contributed by atoms with Crippen LogP contribution in [0.3, 0.4) is 0 Å². The second-order valence-corrected chi connectivity index (χ2v) is 4.73. The van der Waals surface area contributed by atoms with Crippen LogP contribution < -0.4 is 4.74 Å². The molecule has 2 rings (SSSR count). The van der Waals surface area contributed by atoms with Gasteiger partial charge in [0.25, 0.3) is 5.91 Å². The minimum atomic E-state index is -0.948. The Hall–Kier alpha value is -2.15. The summed E-state index contributed by atoms with van der Waals surface area (Å²) >= 11 is 0. The van der Waals surface area contributed by atoms with E-state index in [4.69, 9.17) is 9.47 Å². The molecular formula is C14H18N2O5. The lowest BCUT2D eigenvalue weighted by Gasteiger charge is -2.29. The fourth-order valence-electron chi connectivity index (χ4n) is 2.41. The number of carboxylic acid groups (broad SMARTS) is 1. The van der Waals surface area contributed by atoms with Crippen LogP contribution in [-0.4, -0.2) is 59.8 Å². The van der Waals surface area contributed by atoms with Gasteiger partial charge in [0.15, 0.2) is 0 Å². The van der Waals surface area contributed by atoms with Crippen molar-refractivity contribution in [2.75, 3.05) is 26.9 Å². The number of likely N-dealkylation sites (N-methyl/N-ethyl adjacent to an activating group) is 1. The number of carbonyl (C=O) groups is 2. The zero-order valence-electron chi connectivity index (χ0n) is 12.0. The number of carboxylic acids is 1. The summed E-state index contributed by atoms with van der Waals surface area (Å²) in [6.45, 7) is 2.58. The minimum absolute atomic E-state index is 0.130. The van der Waals surface area contributed by atoms with Crippen molar-refractivity contribution in [1.29, 1.82) is 0 Å². The van der Waals surface area contributed by atoms with Crippen LogP contribution in [-0.2, 0) is 9.53 Å². The molecule has 2 unspecified atom stereocenters. The van der Waals surface area contributed by atoms with E-state index in [0.717, 1.165) is 0 Å². The molecule has 2 atom stereocenters. The molecule has 1 fully saturated rings. The van der Waals surface area contributed by atoms with Crippen LogP contribution >= 0.6 is 0 Å². The first-order chi connectivity index (χ1) is 10.1. The number of amides is 1. The Labute approximate surface area is 122 Å². The van der Waals surface area contributed by atoms with Crippen LogP contribution in [0.4, 0.5) is 0 Å². The average Bonchev–Trinajstić information content (AvgIpc) is 2.97. The summed E-state index contributed by atoms with van der Waals surface area (Å²) < 4.78 is 10.2. The first-order valence-corrected chi connectivity index (χ1v) is 6.70. The number of aliphatic carboxylic acids is 1. The highest BCUT2D eigenvalue weighted by Gasteiger charge is 2.39. The summed E-state index contributed by atoms with van der Waals surface area (Å²) in [7, 11) is 1.50. The van der Waals surface area contributed by atoms with Crippen molar-refractivity contribution in [2.45, 2.75) is 13.0 Å². The first-order valence-electron chi connectivity index (χ1n) is 6.70. The van der Waals surface area contributed by atoms with Crippen LogP contribution in [0.5, 0.6) is 5.88 Å². The molecule has 1 aliphatic heterocycles. The fourth-order valence-corrected chi connectivity index (χ4v) is 2.41. The van der Waals surface area contributed by atoms with Gasteiger partial charge in [0.1, 0.15) is 5.92 Å².